The Labute approximate surface area is 141 Å². The number of carbonyl (C=O) groups is 2. The zero-order chi connectivity index (χ0) is 16.9. The van der Waals surface area contributed by atoms with E-state index in [-0.39, 0.29) is 11.8 Å². The number of hydrogen-bond donors (Lipinski definition) is 1. The molecule has 0 atom stereocenters. The second kappa shape index (κ2) is 7.38. The van der Waals surface area contributed by atoms with E-state index in [4.69, 9.17) is 15.2 Å². The fourth-order valence-electron chi connectivity index (χ4n) is 3.08. The summed E-state index contributed by atoms with van der Waals surface area (Å²) < 4.78 is 11.0. The molecule has 0 unspecified atom stereocenters. The molecule has 6 nitrogen and oxygen atoms in total. The van der Waals surface area contributed by atoms with Crippen molar-refractivity contribution in [1.82, 2.24) is 4.90 Å². The molecule has 128 valence electrons. The number of amides is 2. The molecule has 1 fully saturated rings. The first-order valence-corrected chi connectivity index (χ1v) is 8.27. The number of nitrogens with zero attached hydrogens (tertiary/aromatic N) is 1. The maximum absolute atomic E-state index is 12.3. The first-order chi connectivity index (χ1) is 11.6. The molecule has 3 rings (SSSR count). The van der Waals surface area contributed by atoms with Crippen LogP contribution in [-0.4, -0.2) is 43.0 Å². The Morgan fingerprint density at radius 2 is 1.88 bits per heavy atom. The number of ether oxygens (including phenoxy) is 2. The van der Waals surface area contributed by atoms with Crippen LogP contribution in [0, 0.1) is 5.92 Å². The molecule has 1 aromatic rings. The van der Waals surface area contributed by atoms with E-state index in [0.29, 0.717) is 44.4 Å². The van der Waals surface area contributed by atoms with Crippen molar-refractivity contribution >= 4 is 17.9 Å². The van der Waals surface area contributed by atoms with Crippen molar-refractivity contribution in [2.75, 3.05) is 26.3 Å². The van der Waals surface area contributed by atoms with Crippen LogP contribution in [0.15, 0.2) is 24.3 Å². The number of nitrogens with two attached hydrogens (primary N) is 1. The summed E-state index contributed by atoms with van der Waals surface area (Å²) in [7, 11) is 0. The molecule has 0 radical (unpaired) electrons. The molecule has 2 amide bonds. The Morgan fingerprint density at radius 1 is 1.17 bits per heavy atom. The van der Waals surface area contributed by atoms with Gasteiger partial charge in [0.05, 0.1) is 0 Å². The minimum absolute atomic E-state index is 0.0117. The van der Waals surface area contributed by atoms with E-state index in [2.05, 4.69) is 0 Å². The number of carbonyl (C=O) groups excluding carboxylic acids is 2. The number of rotatable bonds is 4. The van der Waals surface area contributed by atoms with Crippen LogP contribution >= 0.6 is 0 Å². The van der Waals surface area contributed by atoms with Crippen molar-refractivity contribution in [3.05, 3.63) is 29.8 Å². The van der Waals surface area contributed by atoms with Gasteiger partial charge in [-0.2, -0.15) is 0 Å². The van der Waals surface area contributed by atoms with Crippen LogP contribution in [-0.2, 0) is 9.59 Å². The van der Waals surface area contributed by atoms with Crippen LogP contribution in [0.5, 0.6) is 11.5 Å². The summed E-state index contributed by atoms with van der Waals surface area (Å²) in [6, 6.07) is 5.63. The minimum Gasteiger partial charge on any atom is -0.486 e. The predicted molar refractivity (Wildman–Crippen MR) is 89.6 cm³/mol. The van der Waals surface area contributed by atoms with Crippen LogP contribution < -0.4 is 15.2 Å². The molecule has 2 N–H and O–H groups in total. The van der Waals surface area contributed by atoms with Crippen LogP contribution in [0.3, 0.4) is 0 Å². The summed E-state index contributed by atoms with van der Waals surface area (Å²) in [5, 5.41) is 0. The summed E-state index contributed by atoms with van der Waals surface area (Å²) in [6.07, 6.45) is 5.43. The Hall–Kier alpha value is -2.50. The van der Waals surface area contributed by atoms with Gasteiger partial charge in [-0.1, -0.05) is 6.07 Å². The summed E-state index contributed by atoms with van der Waals surface area (Å²) in [5.74, 6) is 1.47. The standard InChI is InChI=1S/C18H22N2O4/c19-17(21)12-14-5-7-20(8-6-14)18(22)4-2-13-1-3-15-16(11-13)24-10-9-23-15/h1-4,11,14H,5-10,12H2,(H2,19,21). The van der Waals surface area contributed by atoms with Crippen molar-refractivity contribution in [3.63, 3.8) is 0 Å². The summed E-state index contributed by atoms with van der Waals surface area (Å²) in [6.45, 7) is 2.44. The molecule has 6 heteroatoms. The average molecular weight is 330 g/mol. The highest BCUT2D eigenvalue weighted by Crippen LogP contribution is 2.31. The molecule has 0 aliphatic carbocycles. The van der Waals surface area contributed by atoms with Gasteiger partial charge in [-0.3, -0.25) is 9.59 Å². The topological polar surface area (TPSA) is 81.9 Å². The second-order valence-corrected chi connectivity index (χ2v) is 6.18. The van der Waals surface area contributed by atoms with Gasteiger partial charge in [0, 0.05) is 25.6 Å². The molecule has 0 spiro atoms. The molecule has 24 heavy (non-hydrogen) atoms. The van der Waals surface area contributed by atoms with Gasteiger partial charge in [0.2, 0.25) is 11.8 Å². The zero-order valence-corrected chi connectivity index (χ0v) is 13.6. The zero-order valence-electron chi connectivity index (χ0n) is 13.6. The molecule has 0 saturated carbocycles. The quantitative estimate of drug-likeness (QED) is 0.850. The predicted octanol–water partition coefficient (Wildman–Crippen LogP) is 1.58. The molecule has 1 aromatic carbocycles. The Kier molecular flexibility index (Phi) is 5.03. The Bertz CT molecular complexity index is 648. The first-order valence-electron chi connectivity index (χ1n) is 8.27. The number of likely N-dealkylation sites (tertiary alicyclic amines) is 1. The smallest absolute Gasteiger partial charge is 0.246 e. The van der Waals surface area contributed by atoms with Crippen LogP contribution in [0.4, 0.5) is 0 Å². The number of piperidine rings is 1. The second-order valence-electron chi connectivity index (χ2n) is 6.18. The highest BCUT2D eigenvalue weighted by atomic mass is 16.6. The van der Waals surface area contributed by atoms with Gasteiger partial charge in [0.1, 0.15) is 13.2 Å². The lowest BCUT2D eigenvalue weighted by Crippen LogP contribution is -2.38. The van der Waals surface area contributed by atoms with Gasteiger partial charge in [-0.25, -0.2) is 0 Å². The van der Waals surface area contributed by atoms with Crippen molar-refractivity contribution < 1.29 is 19.1 Å². The van der Waals surface area contributed by atoms with Crippen LogP contribution in [0.2, 0.25) is 0 Å². The number of hydrogen-bond acceptors (Lipinski definition) is 4. The fourth-order valence-corrected chi connectivity index (χ4v) is 3.08. The van der Waals surface area contributed by atoms with Gasteiger partial charge >= 0.3 is 0 Å². The van der Waals surface area contributed by atoms with Crippen molar-refractivity contribution in [1.29, 1.82) is 0 Å². The van der Waals surface area contributed by atoms with E-state index in [1.54, 1.807) is 12.2 Å². The van der Waals surface area contributed by atoms with E-state index >= 15 is 0 Å². The van der Waals surface area contributed by atoms with Crippen LogP contribution in [0.25, 0.3) is 6.08 Å². The van der Waals surface area contributed by atoms with Gasteiger partial charge in [0.25, 0.3) is 0 Å². The molecule has 0 bridgehead atoms. The van der Waals surface area contributed by atoms with Crippen molar-refractivity contribution in [2.24, 2.45) is 11.7 Å². The van der Waals surface area contributed by atoms with Gasteiger partial charge in [-0.05, 0) is 42.5 Å². The highest BCUT2D eigenvalue weighted by molar-refractivity contribution is 5.92. The Morgan fingerprint density at radius 3 is 2.58 bits per heavy atom. The van der Waals surface area contributed by atoms with E-state index in [1.165, 1.54) is 0 Å². The monoisotopic (exact) mass is 330 g/mol. The fraction of sp³-hybridized carbons (Fsp3) is 0.444. The third-order valence-corrected chi connectivity index (χ3v) is 4.40. The lowest BCUT2D eigenvalue weighted by Gasteiger charge is -2.30. The first kappa shape index (κ1) is 16.4. The molecule has 2 aliphatic heterocycles. The number of benzene rings is 1. The molecular weight excluding hydrogens is 308 g/mol. The van der Waals surface area contributed by atoms with Crippen molar-refractivity contribution in [3.8, 4) is 11.5 Å². The number of fused-ring (bicyclic) bond motifs is 1. The summed E-state index contributed by atoms with van der Waals surface area (Å²) in [4.78, 5) is 25.0. The van der Waals surface area contributed by atoms with Gasteiger partial charge in [0.15, 0.2) is 11.5 Å². The van der Waals surface area contributed by atoms with Gasteiger partial charge in [-0.15, -0.1) is 0 Å². The third-order valence-electron chi connectivity index (χ3n) is 4.40. The van der Waals surface area contributed by atoms with E-state index in [1.807, 2.05) is 23.1 Å². The lowest BCUT2D eigenvalue weighted by atomic mass is 9.93. The largest absolute Gasteiger partial charge is 0.486 e. The molecular formula is C18H22N2O4. The van der Waals surface area contributed by atoms with Gasteiger partial charge < -0.3 is 20.1 Å². The van der Waals surface area contributed by atoms with E-state index in [9.17, 15) is 9.59 Å². The van der Waals surface area contributed by atoms with Crippen molar-refractivity contribution in [2.45, 2.75) is 19.3 Å². The molecule has 2 aliphatic rings. The highest BCUT2D eigenvalue weighted by Gasteiger charge is 2.22. The average Bonchev–Trinajstić information content (AvgIpc) is 2.59. The molecule has 1 saturated heterocycles. The maximum Gasteiger partial charge on any atom is 0.246 e. The molecule has 0 aromatic heterocycles. The van der Waals surface area contributed by atoms with E-state index in [0.717, 1.165) is 24.2 Å². The van der Waals surface area contributed by atoms with Crippen LogP contribution in [0.1, 0.15) is 24.8 Å². The SMILES string of the molecule is NC(=O)CC1CCN(C(=O)C=Cc2ccc3c(c2)OCCO3)CC1. The lowest BCUT2D eigenvalue weighted by molar-refractivity contribution is -0.127. The third kappa shape index (κ3) is 4.07. The maximum atomic E-state index is 12.3. The summed E-state index contributed by atoms with van der Waals surface area (Å²) >= 11 is 0. The minimum atomic E-state index is -0.265. The molecule has 2 heterocycles. The van der Waals surface area contributed by atoms with E-state index < -0.39 is 0 Å². The summed E-state index contributed by atoms with van der Waals surface area (Å²) in [5.41, 5.74) is 6.13. The normalized spacial score (nSPS) is 17.9. The Balaban J connectivity index is 1.55. The number of primary amides is 1.